The summed E-state index contributed by atoms with van der Waals surface area (Å²) in [4.78, 5) is 12.3. The van der Waals surface area contributed by atoms with Crippen LogP contribution in [0.3, 0.4) is 0 Å². The minimum absolute atomic E-state index is 0.0665. The molecule has 3 fully saturated rings. The van der Waals surface area contributed by atoms with E-state index in [-0.39, 0.29) is 5.41 Å². The second kappa shape index (κ2) is 4.20. The van der Waals surface area contributed by atoms with Gasteiger partial charge in [-0.1, -0.05) is 18.6 Å². The lowest BCUT2D eigenvalue weighted by molar-refractivity contribution is -0.131. The number of rotatable bonds is 0. The van der Waals surface area contributed by atoms with Crippen molar-refractivity contribution in [2.24, 2.45) is 29.1 Å². The molecule has 4 rings (SSSR count). The fraction of sp³-hybridized carbons (Fsp3) is 0.833. The minimum Gasteiger partial charge on any atom is -0.299 e. The molecule has 0 bridgehead atoms. The molecule has 0 aromatic rings. The van der Waals surface area contributed by atoms with Gasteiger partial charge in [0.1, 0.15) is 5.78 Å². The lowest BCUT2D eigenvalue weighted by atomic mass is 9.52. The summed E-state index contributed by atoms with van der Waals surface area (Å²) in [7, 11) is 0. The summed E-state index contributed by atoms with van der Waals surface area (Å²) in [6, 6.07) is 0. The van der Waals surface area contributed by atoms with Crippen LogP contribution in [0.15, 0.2) is 11.6 Å². The van der Waals surface area contributed by atoms with Gasteiger partial charge in [0.25, 0.3) is 0 Å². The molecule has 0 radical (unpaired) electrons. The van der Waals surface area contributed by atoms with Crippen LogP contribution in [-0.2, 0) is 4.79 Å². The van der Waals surface area contributed by atoms with Crippen molar-refractivity contribution in [2.75, 3.05) is 0 Å². The van der Waals surface area contributed by atoms with Crippen molar-refractivity contribution < 1.29 is 4.79 Å². The van der Waals surface area contributed by atoms with Gasteiger partial charge in [-0.25, -0.2) is 0 Å². The Morgan fingerprint density at radius 1 is 1.11 bits per heavy atom. The lowest BCUT2D eigenvalue weighted by Crippen LogP contribution is -2.46. The molecule has 0 N–H and O–H groups in total. The maximum absolute atomic E-state index is 12.3. The summed E-state index contributed by atoms with van der Waals surface area (Å²) in [6.07, 6.45) is 14.0. The van der Waals surface area contributed by atoms with Crippen molar-refractivity contribution in [2.45, 2.75) is 64.7 Å². The highest BCUT2D eigenvalue weighted by Gasteiger charge is 2.55. The zero-order chi connectivity index (χ0) is 13.0. The summed E-state index contributed by atoms with van der Waals surface area (Å²) in [5, 5.41) is 0. The molecule has 3 saturated carbocycles. The normalized spacial score (nSPS) is 49.1. The number of fused-ring (bicyclic) bond motifs is 5. The van der Waals surface area contributed by atoms with Gasteiger partial charge in [0.2, 0.25) is 0 Å². The van der Waals surface area contributed by atoms with Gasteiger partial charge in [-0.2, -0.15) is 0 Å². The van der Waals surface area contributed by atoms with Crippen LogP contribution in [0.5, 0.6) is 0 Å². The first-order valence-corrected chi connectivity index (χ1v) is 8.42. The van der Waals surface area contributed by atoms with Crippen LogP contribution < -0.4 is 0 Å². The standard InChI is InChI=1S/C18H26O/c1-18-11-10-14-13-5-3-2-4-12(13)6-7-15(14)16(18)8-9-17(18)19/h4,13-16H,2-3,5-11H2,1H3/t13-,14-,15+,16+,18+/m1/s1. The molecule has 104 valence electrons. The van der Waals surface area contributed by atoms with Gasteiger partial charge in [-0.3, -0.25) is 4.79 Å². The number of hydrogen-bond donors (Lipinski definition) is 0. The highest BCUT2D eigenvalue weighted by atomic mass is 16.1. The van der Waals surface area contributed by atoms with Crippen LogP contribution >= 0.6 is 0 Å². The van der Waals surface area contributed by atoms with Gasteiger partial charge in [0, 0.05) is 11.8 Å². The third-order valence-corrected chi connectivity index (χ3v) is 7.09. The number of carbonyl (C=O) groups is 1. The molecule has 0 aromatic heterocycles. The molecule has 0 aromatic carbocycles. The second-order valence-corrected chi connectivity index (χ2v) is 7.71. The Balaban J connectivity index is 1.65. The van der Waals surface area contributed by atoms with E-state index in [2.05, 4.69) is 13.0 Å². The Labute approximate surface area is 116 Å². The average molecular weight is 258 g/mol. The summed E-state index contributed by atoms with van der Waals surface area (Å²) in [5.74, 6) is 3.99. The van der Waals surface area contributed by atoms with Crippen molar-refractivity contribution in [1.29, 1.82) is 0 Å². The zero-order valence-corrected chi connectivity index (χ0v) is 12.2. The maximum Gasteiger partial charge on any atom is 0.139 e. The highest BCUT2D eigenvalue weighted by molar-refractivity contribution is 5.87. The van der Waals surface area contributed by atoms with Gasteiger partial charge in [-0.15, -0.1) is 0 Å². The smallest absolute Gasteiger partial charge is 0.139 e. The van der Waals surface area contributed by atoms with Crippen LogP contribution in [0.25, 0.3) is 0 Å². The third kappa shape index (κ3) is 1.63. The number of allylic oxidation sites excluding steroid dienone is 2. The molecular formula is C18H26O. The predicted octanol–water partition coefficient (Wildman–Crippen LogP) is 4.52. The Morgan fingerprint density at radius 3 is 2.89 bits per heavy atom. The Hall–Kier alpha value is -0.590. The van der Waals surface area contributed by atoms with E-state index in [1.54, 1.807) is 5.57 Å². The van der Waals surface area contributed by atoms with Crippen molar-refractivity contribution >= 4 is 5.78 Å². The SMILES string of the molecule is C[C@]12CC[C@H]3[C@H](CCC4=CCCC[C@H]43)[C@@H]1CCC2=O. The van der Waals surface area contributed by atoms with Crippen molar-refractivity contribution in [3.05, 3.63) is 11.6 Å². The average Bonchev–Trinajstić information content (AvgIpc) is 2.75. The quantitative estimate of drug-likeness (QED) is 0.584. The molecule has 5 atom stereocenters. The van der Waals surface area contributed by atoms with Crippen LogP contribution in [0.4, 0.5) is 0 Å². The molecule has 1 heteroatoms. The van der Waals surface area contributed by atoms with Gasteiger partial charge < -0.3 is 0 Å². The van der Waals surface area contributed by atoms with Gasteiger partial charge in [0.05, 0.1) is 0 Å². The molecule has 0 spiro atoms. The first-order valence-electron chi connectivity index (χ1n) is 8.42. The van der Waals surface area contributed by atoms with E-state index in [1.807, 2.05) is 0 Å². The molecule has 0 saturated heterocycles. The van der Waals surface area contributed by atoms with E-state index in [1.165, 1.54) is 51.4 Å². The van der Waals surface area contributed by atoms with E-state index in [0.29, 0.717) is 5.78 Å². The number of ketones is 1. The molecule has 1 nitrogen and oxygen atoms in total. The molecule has 19 heavy (non-hydrogen) atoms. The molecule has 4 aliphatic carbocycles. The van der Waals surface area contributed by atoms with Crippen LogP contribution in [0, 0.1) is 29.1 Å². The van der Waals surface area contributed by atoms with E-state index in [4.69, 9.17) is 0 Å². The lowest BCUT2D eigenvalue weighted by Gasteiger charge is -2.52. The Bertz CT molecular complexity index is 435. The van der Waals surface area contributed by atoms with Crippen molar-refractivity contribution in [3.63, 3.8) is 0 Å². The third-order valence-electron chi connectivity index (χ3n) is 7.09. The van der Waals surface area contributed by atoms with Crippen LogP contribution in [0.2, 0.25) is 0 Å². The zero-order valence-electron chi connectivity index (χ0n) is 12.2. The van der Waals surface area contributed by atoms with E-state index < -0.39 is 0 Å². The molecule has 0 amide bonds. The summed E-state index contributed by atoms with van der Waals surface area (Å²) in [6.45, 7) is 2.29. The van der Waals surface area contributed by atoms with Gasteiger partial charge in [-0.05, 0) is 75.0 Å². The number of carbonyl (C=O) groups excluding carboxylic acids is 1. The fourth-order valence-corrected chi connectivity index (χ4v) is 6.07. The van der Waals surface area contributed by atoms with Crippen LogP contribution in [0.1, 0.15) is 64.7 Å². The fourth-order valence-electron chi connectivity index (χ4n) is 6.07. The van der Waals surface area contributed by atoms with E-state index in [9.17, 15) is 4.79 Å². The van der Waals surface area contributed by atoms with Gasteiger partial charge in [0.15, 0.2) is 0 Å². The summed E-state index contributed by atoms with van der Waals surface area (Å²) < 4.78 is 0. The van der Waals surface area contributed by atoms with Crippen molar-refractivity contribution in [1.82, 2.24) is 0 Å². The number of Topliss-reactive ketones (excluding diaryl/α,β-unsaturated/α-hetero) is 1. The van der Waals surface area contributed by atoms with Gasteiger partial charge >= 0.3 is 0 Å². The van der Waals surface area contributed by atoms with E-state index >= 15 is 0 Å². The first kappa shape index (κ1) is 12.2. The maximum atomic E-state index is 12.3. The molecule has 0 unspecified atom stereocenters. The second-order valence-electron chi connectivity index (χ2n) is 7.71. The number of hydrogen-bond acceptors (Lipinski definition) is 1. The summed E-state index contributed by atoms with van der Waals surface area (Å²) >= 11 is 0. The largest absolute Gasteiger partial charge is 0.299 e. The molecular weight excluding hydrogens is 232 g/mol. The monoisotopic (exact) mass is 258 g/mol. The van der Waals surface area contributed by atoms with Crippen molar-refractivity contribution in [3.8, 4) is 0 Å². The highest BCUT2D eigenvalue weighted by Crippen LogP contribution is 2.60. The first-order chi connectivity index (χ1) is 9.20. The molecule has 0 aliphatic heterocycles. The van der Waals surface area contributed by atoms with Crippen LogP contribution in [-0.4, -0.2) is 5.78 Å². The Morgan fingerprint density at radius 2 is 2.00 bits per heavy atom. The molecule has 4 aliphatic rings. The Kier molecular flexibility index (Phi) is 2.69. The van der Waals surface area contributed by atoms with E-state index in [0.717, 1.165) is 30.1 Å². The predicted molar refractivity (Wildman–Crippen MR) is 76.7 cm³/mol. The topological polar surface area (TPSA) is 17.1 Å². The minimum atomic E-state index is 0.0665. The molecule has 0 heterocycles. The summed E-state index contributed by atoms with van der Waals surface area (Å²) in [5.41, 5.74) is 1.86.